The quantitative estimate of drug-likeness (QED) is 0.121. The maximum atomic E-state index is 11.8. The van der Waals surface area contributed by atoms with E-state index >= 15 is 0 Å². The minimum atomic E-state index is -2.56. The Bertz CT molecular complexity index is 1670. The Morgan fingerprint density at radius 2 is 1.73 bits per heavy atom. The van der Waals surface area contributed by atoms with E-state index in [2.05, 4.69) is 48.4 Å². The molecule has 232 valence electrons. The van der Waals surface area contributed by atoms with E-state index in [4.69, 9.17) is 14.2 Å². The zero-order valence-electron chi connectivity index (χ0n) is 25.2. The predicted octanol–water partition coefficient (Wildman–Crippen LogP) is 7.78. The normalized spacial score (nSPS) is 16.8. The molecule has 1 fully saturated rings. The summed E-state index contributed by atoms with van der Waals surface area (Å²) in [6.45, 7) is 4.34. The van der Waals surface area contributed by atoms with Crippen LogP contribution in [-0.4, -0.2) is 51.0 Å². The van der Waals surface area contributed by atoms with Gasteiger partial charge in [0.2, 0.25) is 0 Å². The molecular formula is C35H38O7S2. The highest BCUT2D eigenvalue weighted by atomic mass is 32.3. The highest BCUT2D eigenvalue weighted by molar-refractivity contribution is 8.24. The fourth-order valence-corrected chi connectivity index (χ4v) is 7.90. The van der Waals surface area contributed by atoms with Crippen LogP contribution in [0.1, 0.15) is 48.8 Å². The number of methoxy groups -OCH3 is 1. The lowest BCUT2D eigenvalue weighted by Gasteiger charge is -2.43. The Kier molecular flexibility index (Phi) is 9.88. The Balaban J connectivity index is 1.25. The third-order valence-corrected chi connectivity index (χ3v) is 10.7. The number of ether oxygens (including phenoxy) is 3. The number of hydrogen-bond donors (Lipinski definition) is 3. The SMILES string of the molecule is CC#CC(CC(=O)OC)c1ccc(OCc2ccc3scc(-c4ccc(OCC5(O)CCS(O)(O)CC5)cc4C)c3c2)cc1. The van der Waals surface area contributed by atoms with Crippen LogP contribution in [0.4, 0.5) is 0 Å². The number of carbonyl (C=O) groups excluding carboxylic acids is 1. The maximum absolute atomic E-state index is 11.8. The molecule has 1 saturated heterocycles. The molecule has 5 rings (SSSR count). The summed E-state index contributed by atoms with van der Waals surface area (Å²) in [6, 6.07) is 20.0. The molecule has 7 nitrogen and oxygen atoms in total. The molecule has 0 amide bonds. The first-order chi connectivity index (χ1) is 21.1. The fraction of sp³-hybridized carbons (Fsp3) is 0.343. The van der Waals surface area contributed by atoms with Gasteiger partial charge in [0.1, 0.15) is 30.3 Å². The molecule has 0 radical (unpaired) electrons. The number of esters is 1. The Labute approximate surface area is 264 Å². The highest BCUT2D eigenvalue weighted by Crippen LogP contribution is 2.47. The van der Waals surface area contributed by atoms with E-state index in [-0.39, 0.29) is 36.4 Å². The second-order valence-electron chi connectivity index (χ2n) is 11.3. The molecule has 1 aromatic heterocycles. The van der Waals surface area contributed by atoms with Crippen LogP contribution in [0, 0.1) is 18.8 Å². The molecule has 0 saturated carbocycles. The number of fused-ring (bicyclic) bond motifs is 1. The van der Waals surface area contributed by atoms with Crippen molar-refractivity contribution in [3.05, 3.63) is 82.7 Å². The summed E-state index contributed by atoms with van der Waals surface area (Å²) in [5.74, 6) is 7.30. The number of hydrogen-bond acceptors (Lipinski definition) is 8. The van der Waals surface area contributed by atoms with Crippen LogP contribution in [0.2, 0.25) is 0 Å². The standard InChI is InChI=1S/C35H38O7S2/c1-4-5-27(20-34(36)40-3)26-7-9-28(10-8-26)41-21-25-6-13-33-31(19-25)32(22-43-33)30-12-11-29(18-24(30)2)42-23-35(37)14-16-44(38,39)17-15-35/h6-13,18-19,22,27,37-39H,14-17,20-21,23H2,1-3H3. The van der Waals surface area contributed by atoms with Crippen molar-refractivity contribution in [2.24, 2.45) is 0 Å². The van der Waals surface area contributed by atoms with Gasteiger partial charge < -0.3 is 19.3 Å². The lowest BCUT2D eigenvalue weighted by molar-refractivity contribution is -0.140. The molecule has 0 aliphatic carbocycles. The summed E-state index contributed by atoms with van der Waals surface area (Å²) < 4.78 is 37.8. The van der Waals surface area contributed by atoms with Crippen molar-refractivity contribution in [3.63, 3.8) is 0 Å². The van der Waals surface area contributed by atoms with Crippen molar-refractivity contribution in [2.75, 3.05) is 25.2 Å². The monoisotopic (exact) mass is 634 g/mol. The average molecular weight is 635 g/mol. The van der Waals surface area contributed by atoms with Gasteiger partial charge in [0.15, 0.2) is 0 Å². The van der Waals surface area contributed by atoms with Crippen LogP contribution < -0.4 is 9.47 Å². The molecular weight excluding hydrogens is 597 g/mol. The van der Waals surface area contributed by atoms with Crippen molar-refractivity contribution in [1.29, 1.82) is 0 Å². The summed E-state index contributed by atoms with van der Waals surface area (Å²) in [5, 5.41) is 14.2. The lowest BCUT2D eigenvalue weighted by atomic mass is 9.96. The molecule has 3 N–H and O–H groups in total. The van der Waals surface area contributed by atoms with Gasteiger partial charge in [-0.25, -0.2) is 0 Å². The second-order valence-corrected chi connectivity index (χ2v) is 14.6. The van der Waals surface area contributed by atoms with E-state index < -0.39 is 16.2 Å². The van der Waals surface area contributed by atoms with Gasteiger partial charge in [0.05, 0.1) is 19.4 Å². The molecule has 1 aliphatic heterocycles. The molecule has 1 atom stereocenters. The zero-order valence-corrected chi connectivity index (χ0v) is 26.8. The van der Waals surface area contributed by atoms with E-state index in [1.54, 1.807) is 18.3 Å². The number of rotatable bonds is 10. The minimum absolute atomic E-state index is 0.121. The van der Waals surface area contributed by atoms with Crippen LogP contribution in [0.5, 0.6) is 11.5 Å². The number of thiophene rings is 1. The van der Waals surface area contributed by atoms with Gasteiger partial charge in [0, 0.05) is 27.2 Å². The number of carbonyl (C=O) groups is 1. The first kappa shape index (κ1) is 31.9. The van der Waals surface area contributed by atoms with Crippen molar-refractivity contribution in [3.8, 4) is 34.5 Å². The summed E-state index contributed by atoms with van der Waals surface area (Å²) in [5.41, 5.74) is 4.27. The van der Waals surface area contributed by atoms with Gasteiger partial charge in [0.25, 0.3) is 0 Å². The maximum Gasteiger partial charge on any atom is 0.307 e. The largest absolute Gasteiger partial charge is 0.491 e. The van der Waals surface area contributed by atoms with Gasteiger partial charge in [-0.3, -0.25) is 13.9 Å². The summed E-state index contributed by atoms with van der Waals surface area (Å²) in [7, 11) is -1.18. The molecule has 1 unspecified atom stereocenters. The minimum Gasteiger partial charge on any atom is -0.491 e. The van der Waals surface area contributed by atoms with Crippen LogP contribution in [0.25, 0.3) is 21.2 Å². The van der Waals surface area contributed by atoms with E-state index in [1.807, 2.05) is 36.4 Å². The van der Waals surface area contributed by atoms with Crippen molar-refractivity contribution < 1.29 is 33.2 Å². The van der Waals surface area contributed by atoms with Crippen LogP contribution in [-0.2, 0) is 16.1 Å². The fourth-order valence-electron chi connectivity index (χ4n) is 5.34. The summed E-state index contributed by atoms with van der Waals surface area (Å²) >= 11 is 1.70. The summed E-state index contributed by atoms with van der Waals surface area (Å²) in [6.07, 6.45) is 0.837. The molecule has 44 heavy (non-hydrogen) atoms. The van der Waals surface area contributed by atoms with Crippen LogP contribution in [0.15, 0.2) is 66.0 Å². The van der Waals surface area contributed by atoms with Gasteiger partial charge in [-0.2, -0.15) is 10.6 Å². The van der Waals surface area contributed by atoms with E-state index in [0.717, 1.165) is 39.0 Å². The molecule has 1 aliphatic rings. The highest BCUT2D eigenvalue weighted by Gasteiger charge is 2.36. The first-order valence-electron chi connectivity index (χ1n) is 14.5. The van der Waals surface area contributed by atoms with Gasteiger partial charge in [-0.05, 0) is 90.7 Å². The average Bonchev–Trinajstić information content (AvgIpc) is 3.44. The first-order valence-corrected chi connectivity index (χ1v) is 17.3. The van der Waals surface area contributed by atoms with Crippen molar-refractivity contribution in [2.45, 2.75) is 51.2 Å². The molecule has 0 spiro atoms. The zero-order chi connectivity index (χ0) is 31.3. The van der Waals surface area contributed by atoms with E-state index in [0.29, 0.717) is 25.2 Å². The predicted molar refractivity (Wildman–Crippen MR) is 178 cm³/mol. The molecule has 0 bridgehead atoms. The molecule has 4 aromatic rings. The summed E-state index contributed by atoms with van der Waals surface area (Å²) in [4.78, 5) is 11.8. The molecule has 9 heteroatoms. The lowest BCUT2D eigenvalue weighted by Crippen LogP contribution is -2.42. The Morgan fingerprint density at radius 1 is 1.00 bits per heavy atom. The van der Waals surface area contributed by atoms with Gasteiger partial charge >= 0.3 is 5.97 Å². The topological polar surface area (TPSA) is 105 Å². The third-order valence-electron chi connectivity index (χ3n) is 8.03. The second kappa shape index (κ2) is 13.6. The van der Waals surface area contributed by atoms with Gasteiger partial charge in [-0.1, -0.05) is 30.2 Å². The van der Waals surface area contributed by atoms with E-state index in [1.165, 1.54) is 11.8 Å². The Morgan fingerprint density at radius 3 is 2.41 bits per heavy atom. The van der Waals surface area contributed by atoms with Crippen LogP contribution >= 0.6 is 21.9 Å². The third kappa shape index (κ3) is 7.76. The Hall–Kier alpha value is -3.52. The molecule has 2 heterocycles. The molecule has 3 aromatic carbocycles. The smallest absolute Gasteiger partial charge is 0.307 e. The number of aliphatic hydroxyl groups is 1. The number of aryl methyl sites for hydroxylation is 1. The van der Waals surface area contributed by atoms with Gasteiger partial charge in [-0.15, -0.1) is 17.3 Å². The van der Waals surface area contributed by atoms with Crippen LogP contribution in [0.3, 0.4) is 0 Å². The van der Waals surface area contributed by atoms with Crippen molar-refractivity contribution in [1.82, 2.24) is 0 Å². The van der Waals surface area contributed by atoms with E-state index in [9.17, 15) is 19.0 Å². The van der Waals surface area contributed by atoms with Crippen molar-refractivity contribution >= 4 is 38.0 Å². The number of benzene rings is 3.